The highest BCUT2D eigenvalue weighted by molar-refractivity contribution is 8.13. The fraction of sp³-hybridized carbons (Fsp3) is 0.750. The minimum absolute atomic E-state index is 0.0362. The lowest BCUT2D eigenvalue weighted by Gasteiger charge is -2.41. The molecule has 0 saturated carbocycles. The van der Waals surface area contributed by atoms with Gasteiger partial charge in [0.25, 0.3) is 0 Å². The Bertz CT molecular complexity index is 345. The molecule has 6 heteroatoms. The zero-order chi connectivity index (χ0) is 13.7. The maximum atomic E-state index is 12.0. The van der Waals surface area contributed by atoms with Gasteiger partial charge in [-0.2, -0.15) is 0 Å². The summed E-state index contributed by atoms with van der Waals surface area (Å²) in [6, 6.07) is -0.889. The lowest BCUT2D eigenvalue weighted by atomic mass is 9.96. The Morgan fingerprint density at radius 1 is 1.33 bits per heavy atom. The van der Waals surface area contributed by atoms with Crippen molar-refractivity contribution >= 4 is 28.8 Å². The van der Waals surface area contributed by atoms with Gasteiger partial charge in [-0.1, -0.05) is 11.8 Å². The van der Waals surface area contributed by atoms with Crippen molar-refractivity contribution in [3.63, 3.8) is 0 Å². The van der Waals surface area contributed by atoms with Crippen LogP contribution in [0.2, 0.25) is 0 Å². The molecule has 0 aliphatic carbocycles. The van der Waals surface area contributed by atoms with Crippen LogP contribution in [0.5, 0.6) is 0 Å². The number of carboxylic acid groups (broad SMARTS) is 1. The van der Waals surface area contributed by atoms with Crippen LogP contribution in [-0.2, 0) is 14.4 Å². The van der Waals surface area contributed by atoms with Crippen LogP contribution in [0.4, 0.5) is 0 Å². The van der Waals surface area contributed by atoms with Gasteiger partial charge in [-0.15, -0.1) is 0 Å². The van der Waals surface area contributed by atoms with E-state index in [9.17, 15) is 19.5 Å². The summed E-state index contributed by atoms with van der Waals surface area (Å²) >= 11 is 1.08. The maximum absolute atomic E-state index is 12.0. The van der Waals surface area contributed by atoms with Crippen molar-refractivity contribution in [2.24, 2.45) is 0 Å². The number of carboxylic acids is 1. The molecule has 0 radical (unpaired) electrons. The number of amides is 1. The highest BCUT2D eigenvalue weighted by Crippen LogP contribution is 2.23. The second kappa shape index (κ2) is 6.78. The van der Waals surface area contributed by atoms with Gasteiger partial charge in [-0.25, -0.2) is 0 Å². The maximum Gasteiger partial charge on any atom is 0.224 e. The first kappa shape index (κ1) is 15.0. The third-order valence-corrected chi connectivity index (χ3v) is 3.91. The molecule has 102 valence electrons. The minimum Gasteiger partial charge on any atom is -0.548 e. The summed E-state index contributed by atoms with van der Waals surface area (Å²) in [5.41, 5.74) is 0. The third kappa shape index (κ3) is 4.01. The number of hydrogen-bond acceptors (Lipinski definition) is 5. The van der Waals surface area contributed by atoms with E-state index in [1.54, 1.807) is 0 Å². The van der Waals surface area contributed by atoms with Crippen molar-refractivity contribution in [2.75, 3.05) is 5.75 Å². The van der Waals surface area contributed by atoms with Crippen LogP contribution < -0.4 is 5.11 Å². The van der Waals surface area contributed by atoms with Crippen molar-refractivity contribution in [1.29, 1.82) is 0 Å². The molecule has 18 heavy (non-hydrogen) atoms. The average Bonchev–Trinajstić information content (AvgIpc) is 2.27. The van der Waals surface area contributed by atoms with Gasteiger partial charge < -0.3 is 14.8 Å². The minimum atomic E-state index is -1.19. The normalized spacial score (nSPS) is 23.8. The number of thioether (sulfide) groups is 1. The van der Waals surface area contributed by atoms with Crippen molar-refractivity contribution in [2.45, 2.75) is 51.6 Å². The van der Waals surface area contributed by atoms with Gasteiger partial charge in [0.1, 0.15) is 0 Å². The molecule has 1 rings (SSSR count). The first-order chi connectivity index (χ1) is 8.43. The largest absolute Gasteiger partial charge is 0.548 e. The topological polar surface area (TPSA) is 77.5 Å². The van der Waals surface area contributed by atoms with Crippen molar-refractivity contribution in [1.82, 2.24) is 4.90 Å². The Hall–Kier alpha value is -1.04. The van der Waals surface area contributed by atoms with Crippen molar-refractivity contribution in [3.05, 3.63) is 0 Å². The smallest absolute Gasteiger partial charge is 0.224 e. The van der Waals surface area contributed by atoms with E-state index >= 15 is 0 Å². The third-order valence-electron chi connectivity index (χ3n) is 3.09. The summed E-state index contributed by atoms with van der Waals surface area (Å²) in [5, 5.41) is 11.0. The van der Waals surface area contributed by atoms with Gasteiger partial charge in [0.05, 0.1) is 12.0 Å². The number of nitrogens with zero attached hydrogens (tertiary/aromatic N) is 1. The standard InChI is InChI=1S/C12H19NO4S/c1-8-4-3-5-10(12(16)17)13(8)11(15)6-7-18-9(2)14/h8,10H,3-7H2,1-2H3,(H,16,17)/p-1/t8-,10+/m1/s1. The second-order valence-corrected chi connectivity index (χ2v) is 5.78. The van der Waals surface area contributed by atoms with E-state index in [-0.39, 0.29) is 23.5 Å². The molecule has 1 saturated heterocycles. The number of aliphatic carboxylic acids is 1. The molecule has 0 aromatic carbocycles. The van der Waals surface area contributed by atoms with E-state index in [0.717, 1.165) is 24.6 Å². The molecule has 0 N–H and O–H groups in total. The summed E-state index contributed by atoms with van der Waals surface area (Å²) in [5.74, 6) is -0.990. The molecular formula is C12H18NO4S-. The van der Waals surface area contributed by atoms with E-state index in [1.165, 1.54) is 11.8 Å². The molecule has 0 bridgehead atoms. The van der Waals surface area contributed by atoms with Gasteiger partial charge in [0, 0.05) is 25.1 Å². The van der Waals surface area contributed by atoms with Crippen LogP contribution in [0.25, 0.3) is 0 Å². The van der Waals surface area contributed by atoms with Crippen molar-refractivity contribution < 1.29 is 19.5 Å². The molecule has 1 fully saturated rings. The van der Waals surface area contributed by atoms with Crippen LogP contribution in [-0.4, -0.2) is 39.7 Å². The zero-order valence-corrected chi connectivity index (χ0v) is 11.5. The first-order valence-electron chi connectivity index (χ1n) is 6.09. The number of carbonyl (C=O) groups is 3. The van der Waals surface area contributed by atoms with Gasteiger partial charge in [0.15, 0.2) is 5.12 Å². The summed E-state index contributed by atoms with van der Waals surface area (Å²) < 4.78 is 0. The molecule has 0 aromatic rings. The molecule has 5 nitrogen and oxygen atoms in total. The van der Waals surface area contributed by atoms with Gasteiger partial charge >= 0.3 is 0 Å². The molecule has 1 heterocycles. The number of carbonyl (C=O) groups excluding carboxylic acids is 3. The molecule has 1 amide bonds. The molecule has 1 aliphatic heterocycles. The van der Waals surface area contributed by atoms with Crippen molar-refractivity contribution in [3.8, 4) is 0 Å². The fourth-order valence-electron chi connectivity index (χ4n) is 2.25. The summed E-state index contributed by atoms with van der Waals surface area (Å²) in [6.45, 7) is 3.30. The van der Waals surface area contributed by atoms with Gasteiger partial charge in [-0.05, 0) is 26.2 Å². The second-order valence-electron chi connectivity index (χ2n) is 4.51. The molecule has 0 aromatic heterocycles. The predicted octanol–water partition coefficient (Wildman–Crippen LogP) is 0.176. The Labute approximate surface area is 111 Å². The van der Waals surface area contributed by atoms with E-state index in [4.69, 9.17) is 0 Å². The van der Waals surface area contributed by atoms with Gasteiger partial charge in [-0.3, -0.25) is 9.59 Å². The summed E-state index contributed by atoms with van der Waals surface area (Å²) in [7, 11) is 0. The number of rotatable bonds is 4. The SMILES string of the molecule is CC(=O)SCCC(=O)N1[C@H](C)CCC[C@H]1C(=O)[O-]. The number of likely N-dealkylation sites (tertiary alicyclic amines) is 1. The highest BCUT2D eigenvalue weighted by Gasteiger charge is 2.31. The summed E-state index contributed by atoms with van der Waals surface area (Å²) in [6.07, 6.45) is 2.26. The quantitative estimate of drug-likeness (QED) is 0.729. The molecule has 0 unspecified atom stereocenters. The molecular weight excluding hydrogens is 254 g/mol. The Balaban J connectivity index is 2.60. The van der Waals surface area contributed by atoms with E-state index in [2.05, 4.69) is 0 Å². The van der Waals surface area contributed by atoms with Crippen LogP contribution in [0.1, 0.15) is 39.5 Å². The summed E-state index contributed by atoms with van der Waals surface area (Å²) in [4.78, 5) is 35.2. The first-order valence-corrected chi connectivity index (χ1v) is 7.07. The highest BCUT2D eigenvalue weighted by atomic mass is 32.2. The lowest BCUT2D eigenvalue weighted by molar-refractivity contribution is -0.312. The number of hydrogen-bond donors (Lipinski definition) is 0. The fourth-order valence-corrected chi connectivity index (χ4v) is 2.82. The van der Waals surface area contributed by atoms with Crippen LogP contribution in [0.3, 0.4) is 0 Å². The molecule has 2 atom stereocenters. The molecule has 1 aliphatic rings. The molecule has 0 spiro atoms. The zero-order valence-electron chi connectivity index (χ0n) is 10.7. The van der Waals surface area contributed by atoms with E-state index in [1.807, 2.05) is 6.92 Å². The monoisotopic (exact) mass is 272 g/mol. The van der Waals surface area contributed by atoms with Crippen LogP contribution >= 0.6 is 11.8 Å². The van der Waals surface area contributed by atoms with E-state index < -0.39 is 12.0 Å². The number of piperidine rings is 1. The average molecular weight is 272 g/mol. The predicted molar refractivity (Wildman–Crippen MR) is 66.7 cm³/mol. The Kier molecular flexibility index (Phi) is 5.65. The Morgan fingerprint density at radius 3 is 2.56 bits per heavy atom. The van der Waals surface area contributed by atoms with E-state index in [0.29, 0.717) is 12.2 Å². The van der Waals surface area contributed by atoms with Crippen LogP contribution in [0.15, 0.2) is 0 Å². The van der Waals surface area contributed by atoms with Crippen LogP contribution in [0, 0.1) is 0 Å². The van der Waals surface area contributed by atoms with Gasteiger partial charge in [0.2, 0.25) is 5.91 Å². The lowest BCUT2D eigenvalue weighted by Crippen LogP contribution is -2.56. The Morgan fingerprint density at radius 2 is 2.00 bits per heavy atom.